The Labute approximate surface area is 97.2 Å². The lowest BCUT2D eigenvalue weighted by Gasteiger charge is -2.30. The Kier molecular flexibility index (Phi) is 3.83. The molecule has 3 N–H and O–H groups in total. The number of nitrogens with zero attached hydrogens (tertiary/aromatic N) is 2. The van der Waals surface area contributed by atoms with Crippen molar-refractivity contribution in [1.29, 1.82) is 0 Å². The quantitative estimate of drug-likeness (QED) is 0.813. The van der Waals surface area contributed by atoms with Gasteiger partial charge in [0.15, 0.2) is 0 Å². The zero-order chi connectivity index (χ0) is 11.4. The van der Waals surface area contributed by atoms with E-state index in [1.807, 2.05) is 24.0 Å². The summed E-state index contributed by atoms with van der Waals surface area (Å²) < 4.78 is 1.82. The fraction of sp³-hybridized carbons (Fsp3) is 0.750. The summed E-state index contributed by atoms with van der Waals surface area (Å²) in [4.78, 5) is 0. The van der Waals surface area contributed by atoms with Gasteiger partial charge in [-0.2, -0.15) is 5.10 Å². The van der Waals surface area contributed by atoms with Crippen LogP contribution >= 0.6 is 0 Å². The van der Waals surface area contributed by atoms with Crippen LogP contribution in [0.4, 0.5) is 5.82 Å². The zero-order valence-electron chi connectivity index (χ0n) is 10.0. The number of aromatic nitrogens is 2. The molecule has 1 aromatic heterocycles. The van der Waals surface area contributed by atoms with E-state index in [9.17, 15) is 0 Å². The van der Waals surface area contributed by atoms with E-state index >= 15 is 0 Å². The molecule has 1 heterocycles. The van der Waals surface area contributed by atoms with Gasteiger partial charge in [-0.05, 0) is 31.2 Å². The molecule has 0 amide bonds. The molecule has 1 saturated carbocycles. The van der Waals surface area contributed by atoms with Gasteiger partial charge in [-0.3, -0.25) is 4.68 Å². The Morgan fingerprint density at radius 2 is 2.19 bits per heavy atom. The first-order chi connectivity index (χ1) is 7.79. The standard InChI is InChI=1S/C12H22N4/c1-16-7-6-12(15-16)14-9-11-5-3-2-4-10(11)8-13/h6-7,10-11H,2-5,8-9,13H2,1H3,(H,14,15). The first-order valence-electron chi connectivity index (χ1n) is 6.23. The van der Waals surface area contributed by atoms with Crippen molar-refractivity contribution in [2.45, 2.75) is 25.7 Å². The average molecular weight is 222 g/mol. The molecule has 2 rings (SSSR count). The van der Waals surface area contributed by atoms with E-state index < -0.39 is 0 Å². The van der Waals surface area contributed by atoms with Gasteiger partial charge >= 0.3 is 0 Å². The predicted molar refractivity (Wildman–Crippen MR) is 66.2 cm³/mol. The molecular formula is C12H22N4. The minimum atomic E-state index is 0.699. The summed E-state index contributed by atoms with van der Waals surface area (Å²) in [6.45, 7) is 1.84. The van der Waals surface area contributed by atoms with Crippen molar-refractivity contribution < 1.29 is 0 Å². The lowest BCUT2D eigenvalue weighted by molar-refractivity contribution is 0.255. The van der Waals surface area contributed by atoms with E-state index in [-0.39, 0.29) is 0 Å². The molecule has 2 atom stereocenters. The van der Waals surface area contributed by atoms with Gasteiger partial charge in [-0.1, -0.05) is 12.8 Å². The third-order valence-corrected chi connectivity index (χ3v) is 3.63. The normalized spacial score (nSPS) is 25.6. The highest BCUT2D eigenvalue weighted by atomic mass is 15.3. The summed E-state index contributed by atoms with van der Waals surface area (Å²) in [6, 6.07) is 2.01. The van der Waals surface area contributed by atoms with Crippen molar-refractivity contribution in [3.63, 3.8) is 0 Å². The summed E-state index contributed by atoms with van der Waals surface area (Å²) >= 11 is 0. The lowest BCUT2D eigenvalue weighted by atomic mass is 9.79. The van der Waals surface area contributed by atoms with Crippen molar-refractivity contribution in [2.24, 2.45) is 24.6 Å². The first-order valence-corrected chi connectivity index (χ1v) is 6.23. The Bertz CT molecular complexity index is 321. The van der Waals surface area contributed by atoms with Gasteiger partial charge in [0.1, 0.15) is 5.82 Å². The molecular weight excluding hydrogens is 200 g/mol. The number of aryl methyl sites for hydroxylation is 1. The maximum Gasteiger partial charge on any atom is 0.147 e. The highest BCUT2D eigenvalue weighted by molar-refractivity contribution is 5.32. The zero-order valence-corrected chi connectivity index (χ0v) is 10.0. The maximum atomic E-state index is 5.82. The maximum absolute atomic E-state index is 5.82. The number of hydrogen-bond donors (Lipinski definition) is 2. The second-order valence-electron chi connectivity index (χ2n) is 4.80. The molecule has 0 spiro atoms. The van der Waals surface area contributed by atoms with Crippen LogP contribution in [0.1, 0.15) is 25.7 Å². The highest BCUT2D eigenvalue weighted by Gasteiger charge is 2.23. The summed E-state index contributed by atoms with van der Waals surface area (Å²) in [5, 5.41) is 7.73. The topological polar surface area (TPSA) is 55.9 Å². The summed E-state index contributed by atoms with van der Waals surface area (Å²) in [5.74, 6) is 2.40. The van der Waals surface area contributed by atoms with Crippen molar-refractivity contribution in [1.82, 2.24) is 9.78 Å². The fourth-order valence-electron chi connectivity index (χ4n) is 2.61. The number of hydrogen-bond acceptors (Lipinski definition) is 3. The fourth-order valence-corrected chi connectivity index (χ4v) is 2.61. The minimum absolute atomic E-state index is 0.699. The first kappa shape index (κ1) is 11.5. The van der Waals surface area contributed by atoms with Gasteiger partial charge in [0.25, 0.3) is 0 Å². The molecule has 2 unspecified atom stereocenters. The van der Waals surface area contributed by atoms with Gasteiger partial charge < -0.3 is 11.1 Å². The summed E-state index contributed by atoms with van der Waals surface area (Å²) in [5.41, 5.74) is 5.82. The van der Waals surface area contributed by atoms with Gasteiger partial charge in [0, 0.05) is 25.9 Å². The number of rotatable bonds is 4. The van der Waals surface area contributed by atoms with Crippen molar-refractivity contribution in [3.8, 4) is 0 Å². The molecule has 90 valence electrons. The monoisotopic (exact) mass is 222 g/mol. The highest BCUT2D eigenvalue weighted by Crippen LogP contribution is 2.29. The van der Waals surface area contributed by atoms with E-state index in [1.54, 1.807) is 0 Å². The van der Waals surface area contributed by atoms with Crippen LogP contribution in [0.25, 0.3) is 0 Å². The Morgan fingerprint density at radius 1 is 1.44 bits per heavy atom. The summed E-state index contributed by atoms with van der Waals surface area (Å²) in [7, 11) is 1.94. The van der Waals surface area contributed by atoms with Gasteiger partial charge in [-0.25, -0.2) is 0 Å². The second-order valence-corrected chi connectivity index (χ2v) is 4.80. The molecule has 0 bridgehead atoms. The smallest absolute Gasteiger partial charge is 0.147 e. The van der Waals surface area contributed by atoms with Gasteiger partial charge in [0.2, 0.25) is 0 Å². The van der Waals surface area contributed by atoms with E-state index in [1.165, 1.54) is 25.7 Å². The number of nitrogens with two attached hydrogens (primary N) is 1. The van der Waals surface area contributed by atoms with Crippen molar-refractivity contribution >= 4 is 5.82 Å². The summed E-state index contributed by atoms with van der Waals surface area (Å²) in [6.07, 6.45) is 7.27. The Balaban J connectivity index is 1.84. The third-order valence-electron chi connectivity index (χ3n) is 3.63. The predicted octanol–water partition coefficient (Wildman–Crippen LogP) is 1.60. The number of nitrogens with one attached hydrogen (secondary N) is 1. The SMILES string of the molecule is Cn1ccc(NCC2CCCCC2CN)n1. The largest absolute Gasteiger partial charge is 0.368 e. The molecule has 4 nitrogen and oxygen atoms in total. The Hall–Kier alpha value is -1.03. The molecule has 1 aliphatic rings. The number of anilines is 1. The van der Waals surface area contributed by atoms with Crippen LogP contribution < -0.4 is 11.1 Å². The van der Waals surface area contributed by atoms with E-state index in [0.29, 0.717) is 5.92 Å². The van der Waals surface area contributed by atoms with Gasteiger partial charge in [0.05, 0.1) is 0 Å². The van der Waals surface area contributed by atoms with Crippen LogP contribution in [-0.4, -0.2) is 22.9 Å². The average Bonchev–Trinajstić information content (AvgIpc) is 2.73. The molecule has 0 aromatic carbocycles. The van der Waals surface area contributed by atoms with Crippen LogP contribution in [0, 0.1) is 11.8 Å². The van der Waals surface area contributed by atoms with E-state index in [4.69, 9.17) is 5.73 Å². The molecule has 0 aliphatic heterocycles. The molecule has 16 heavy (non-hydrogen) atoms. The Morgan fingerprint density at radius 3 is 2.81 bits per heavy atom. The van der Waals surface area contributed by atoms with Crippen molar-refractivity contribution in [3.05, 3.63) is 12.3 Å². The van der Waals surface area contributed by atoms with Crippen LogP contribution in [0.15, 0.2) is 12.3 Å². The minimum Gasteiger partial charge on any atom is -0.368 e. The second kappa shape index (κ2) is 5.34. The van der Waals surface area contributed by atoms with Crippen LogP contribution in [0.2, 0.25) is 0 Å². The molecule has 1 fully saturated rings. The molecule has 0 radical (unpaired) electrons. The third kappa shape index (κ3) is 2.76. The van der Waals surface area contributed by atoms with E-state index in [0.717, 1.165) is 24.8 Å². The molecule has 4 heteroatoms. The lowest BCUT2D eigenvalue weighted by Crippen LogP contribution is -2.31. The van der Waals surface area contributed by atoms with E-state index in [2.05, 4.69) is 10.4 Å². The van der Waals surface area contributed by atoms with Crippen LogP contribution in [0.3, 0.4) is 0 Å². The van der Waals surface area contributed by atoms with Crippen molar-refractivity contribution in [2.75, 3.05) is 18.4 Å². The van der Waals surface area contributed by atoms with Gasteiger partial charge in [-0.15, -0.1) is 0 Å². The van der Waals surface area contributed by atoms with Crippen LogP contribution in [0.5, 0.6) is 0 Å². The van der Waals surface area contributed by atoms with Crippen LogP contribution in [-0.2, 0) is 7.05 Å². The molecule has 0 saturated heterocycles. The molecule has 1 aromatic rings. The molecule has 1 aliphatic carbocycles.